The van der Waals surface area contributed by atoms with E-state index in [9.17, 15) is 0 Å². The Morgan fingerprint density at radius 3 is 2.73 bits per heavy atom. The van der Waals surface area contributed by atoms with Gasteiger partial charge in [0.2, 0.25) is 0 Å². The highest BCUT2D eigenvalue weighted by Gasteiger charge is 2.16. The summed E-state index contributed by atoms with van der Waals surface area (Å²) in [4.78, 5) is 2.37. The predicted octanol–water partition coefficient (Wildman–Crippen LogP) is 2.73. The summed E-state index contributed by atoms with van der Waals surface area (Å²) in [5.74, 6) is 0.739. The number of thiophene rings is 1. The molecule has 2 unspecified atom stereocenters. The minimum absolute atomic E-state index is 0.380. The molecule has 1 aromatic heterocycles. The molecule has 2 atom stereocenters. The highest BCUT2D eigenvalue weighted by Crippen LogP contribution is 2.21. The molecule has 0 radical (unpaired) electrons. The zero-order chi connectivity index (χ0) is 11.3. The average Bonchev–Trinajstić information content (AvgIpc) is 2.72. The molecule has 0 spiro atoms. The van der Waals surface area contributed by atoms with Crippen LogP contribution in [0, 0.1) is 5.92 Å². The Hall–Kier alpha value is -0.380. The van der Waals surface area contributed by atoms with Gasteiger partial charge in [0, 0.05) is 19.1 Å². The van der Waals surface area contributed by atoms with Gasteiger partial charge in [0.25, 0.3) is 0 Å². The molecule has 0 bridgehead atoms. The summed E-state index contributed by atoms with van der Waals surface area (Å²) < 4.78 is 0. The molecule has 86 valence electrons. The van der Waals surface area contributed by atoms with Crippen molar-refractivity contribution in [2.24, 2.45) is 11.7 Å². The van der Waals surface area contributed by atoms with Crippen LogP contribution >= 0.6 is 11.3 Å². The fraction of sp³-hybridized carbons (Fsp3) is 0.667. The Balaban J connectivity index is 2.59. The smallest absolute Gasteiger partial charge is 0.0475 e. The van der Waals surface area contributed by atoms with Crippen LogP contribution in [-0.2, 0) is 0 Å². The van der Waals surface area contributed by atoms with Gasteiger partial charge in [-0.15, -0.1) is 0 Å². The fourth-order valence-electron chi connectivity index (χ4n) is 1.78. The van der Waals surface area contributed by atoms with E-state index in [1.807, 2.05) is 0 Å². The zero-order valence-corrected chi connectivity index (χ0v) is 10.8. The Morgan fingerprint density at radius 2 is 2.27 bits per heavy atom. The van der Waals surface area contributed by atoms with Gasteiger partial charge < -0.3 is 5.73 Å². The van der Waals surface area contributed by atoms with E-state index in [4.69, 9.17) is 5.73 Å². The van der Waals surface area contributed by atoms with Crippen molar-refractivity contribution in [3.63, 3.8) is 0 Å². The van der Waals surface area contributed by atoms with Crippen molar-refractivity contribution in [2.75, 3.05) is 20.1 Å². The lowest BCUT2D eigenvalue weighted by molar-refractivity contribution is 0.215. The largest absolute Gasteiger partial charge is 0.329 e. The van der Waals surface area contributed by atoms with E-state index in [-0.39, 0.29) is 0 Å². The molecule has 0 aliphatic heterocycles. The van der Waals surface area contributed by atoms with Crippen molar-refractivity contribution in [1.82, 2.24) is 4.90 Å². The molecule has 1 aromatic rings. The van der Waals surface area contributed by atoms with Crippen LogP contribution in [0.1, 0.15) is 31.9 Å². The maximum Gasteiger partial charge on any atom is 0.0475 e. The van der Waals surface area contributed by atoms with Gasteiger partial charge in [0.05, 0.1) is 0 Å². The topological polar surface area (TPSA) is 29.3 Å². The van der Waals surface area contributed by atoms with Gasteiger partial charge in [-0.1, -0.05) is 20.3 Å². The van der Waals surface area contributed by atoms with Crippen molar-refractivity contribution < 1.29 is 0 Å². The van der Waals surface area contributed by atoms with E-state index in [0.29, 0.717) is 12.6 Å². The second-order valence-electron chi connectivity index (χ2n) is 4.26. The van der Waals surface area contributed by atoms with Gasteiger partial charge in [-0.3, -0.25) is 4.90 Å². The highest BCUT2D eigenvalue weighted by molar-refractivity contribution is 7.07. The third-order valence-corrected chi connectivity index (χ3v) is 3.68. The normalized spacial score (nSPS) is 15.5. The lowest BCUT2D eigenvalue weighted by Crippen LogP contribution is -2.33. The molecule has 3 heteroatoms. The van der Waals surface area contributed by atoms with Crippen molar-refractivity contribution in [2.45, 2.75) is 26.3 Å². The highest BCUT2D eigenvalue weighted by atomic mass is 32.1. The first-order chi connectivity index (χ1) is 7.19. The quantitative estimate of drug-likeness (QED) is 0.808. The SMILES string of the molecule is CCC(C)CN(C)C(CN)c1ccsc1. The Kier molecular flexibility index (Phi) is 5.29. The number of nitrogens with two attached hydrogens (primary N) is 1. The molecule has 0 amide bonds. The molecule has 1 heterocycles. The summed E-state index contributed by atoms with van der Waals surface area (Å²) in [6.07, 6.45) is 1.23. The van der Waals surface area contributed by atoms with Crippen LogP contribution in [0.25, 0.3) is 0 Å². The summed E-state index contributed by atoms with van der Waals surface area (Å²) in [6, 6.07) is 2.56. The molecule has 0 fully saturated rings. The maximum atomic E-state index is 5.85. The lowest BCUT2D eigenvalue weighted by atomic mass is 10.1. The van der Waals surface area contributed by atoms with Gasteiger partial charge in [-0.05, 0) is 35.4 Å². The van der Waals surface area contributed by atoms with E-state index in [1.165, 1.54) is 12.0 Å². The van der Waals surface area contributed by atoms with E-state index in [1.54, 1.807) is 11.3 Å². The second-order valence-corrected chi connectivity index (χ2v) is 5.04. The maximum absolute atomic E-state index is 5.85. The second kappa shape index (κ2) is 6.26. The third kappa shape index (κ3) is 3.59. The number of likely N-dealkylation sites (N-methyl/N-ethyl adjacent to an activating group) is 1. The first-order valence-electron chi connectivity index (χ1n) is 5.61. The van der Waals surface area contributed by atoms with Crippen LogP contribution < -0.4 is 5.73 Å². The van der Waals surface area contributed by atoms with Crippen LogP contribution in [0.3, 0.4) is 0 Å². The number of nitrogens with zero attached hydrogens (tertiary/aromatic N) is 1. The van der Waals surface area contributed by atoms with Gasteiger partial charge >= 0.3 is 0 Å². The number of hydrogen-bond donors (Lipinski definition) is 1. The molecule has 0 saturated heterocycles. The van der Waals surface area contributed by atoms with Crippen molar-refractivity contribution in [3.05, 3.63) is 22.4 Å². The summed E-state index contributed by atoms with van der Waals surface area (Å²) in [6.45, 7) is 6.34. The minimum Gasteiger partial charge on any atom is -0.329 e. The molecule has 0 aromatic carbocycles. The molecular weight excluding hydrogens is 204 g/mol. The summed E-state index contributed by atoms with van der Waals surface area (Å²) in [5, 5.41) is 4.32. The Labute approximate surface area is 97.1 Å². The van der Waals surface area contributed by atoms with Crippen molar-refractivity contribution in [3.8, 4) is 0 Å². The molecule has 2 N–H and O–H groups in total. The lowest BCUT2D eigenvalue weighted by Gasteiger charge is -2.28. The zero-order valence-electron chi connectivity index (χ0n) is 9.94. The predicted molar refractivity (Wildman–Crippen MR) is 68.2 cm³/mol. The fourth-order valence-corrected chi connectivity index (χ4v) is 2.49. The summed E-state index contributed by atoms with van der Waals surface area (Å²) in [5.41, 5.74) is 7.20. The average molecular weight is 226 g/mol. The first-order valence-corrected chi connectivity index (χ1v) is 6.55. The molecule has 0 aliphatic rings. The van der Waals surface area contributed by atoms with Gasteiger partial charge in [-0.25, -0.2) is 0 Å². The summed E-state index contributed by atoms with van der Waals surface area (Å²) >= 11 is 1.74. The van der Waals surface area contributed by atoms with Crippen LogP contribution in [0.2, 0.25) is 0 Å². The van der Waals surface area contributed by atoms with Crippen LogP contribution in [0.15, 0.2) is 16.8 Å². The van der Waals surface area contributed by atoms with Crippen LogP contribution in [-0.4, -0.2) is 25.0 Å². The van der Waals surface area contributed by atoms with Gasteiger partial charge in [-0.2, -0.15) is 11.3 Å². The van der Waals surface area contributed by atoms with E-state index in [2.05, 4.69) is 42.6 Å². The number of rotatable bonds is 6. The Morgan fingerprint density at radius 1 is 1.53 bits per heavy atom. The van der Waals surface area contributed by atoms with Gasteiger partial charge in [0.15, 0.2) is 0 Å². The molecule has 2 nitrogen and oxygen atoms in total. The number of hydrogen-bond acceptors (Lipinski definition) is 3. The molecule has 1 rings (SSSR count). The van der Waals surface area contributed by atoms with E-state index >= 15 is 0 Å². The monoisotopic (exact) mass is 226 g/mol. The first kappa shape index (κ1) is 12.7. The van der Waals surface area contributed by atoms with Crippen LogP contribution in [0.5, 0.6) is 0 Å². The third-order valence-electron chi connectivity index (χ3n) is 2.98. The molecule has 0 aliphatic carbocycles. The van der Waals surface area contributed by atoms with Gasteiger partial charge in [0.1, 0.15) is 0 Å². The summed E-state index contributed by atoms with van der Waals surface area (Å²) in [7, 11) is 2.17. The van der Waals surface area contributed by atoms with Crippen molar-refractivity contribution in [1.29, 1.82) is 0 Å². The van der Waals surface area contributed by atoms with E-state index < -0.39 is 0 Å². The molecule has 0 saturated carbocycles. The standard InChI is InChI=1S/C12H22N2S/c1-4-10(2)8-14(3)12(7-13)11-5-6-15-9-11/h5-6,9-10,12H,4,7-8,13H2,1-3H3. The molecule has 15 heavy (non-hydrogen) atoms. The molecular formula is C12H22N2S. The minimum atomic E-state index is 0.380. The van der Waals surface area contributed by atoms with Crippen LogP contribution in [0.4, 0.5) is 0 Å². The van der Waals surface area contributed by atoms with E-state index in [0.717, 1.165) is 12.5 Å². The van der Waals surface area contributed by atoms with Crippen molar-refractivity contribution >= 4 is 11.3 Å². The Bertz CT molecular complexity index is 259.